The maximum Gasteiger partial charge on any atom is 0.500 e. The van der Waals surface area contributed by atoms with Crippen LogP contribution in [0.25, 0.3) is 0 Å². The lowest BCUT2D eigenvalue weighted by Crippen LogP contribution is -2.46. The molecule has 4 N–H and O–H groups in total. The van der Waals surface area contributed by atoms with E-state index in [-0.39, 0.29) is 12.1 Å². The van der Waals surface area contributed by atoms with Crippen LogP contribution in [0.2, 0.25) is 12.1 Å². The molecule has 2 aromatic carbocycles. The molecule has 0 saturated heterocycles. The molecule has 0 atom stereocenters. The van der Waals surface area contributed by atoms with Crippen LogP contribution in [0.4, 0.5) is 32.3 Å². The van der Waals surface area contributed by atoms with Gasteiger partial charge in [-0.2, -0.15) is 10.2 Å². The predicted molar refractivity (Wildman–Crippen MR) is 191 cm³/mol. The second kappa shape index (κ2) is 23.2. The first kappa shape index (κ1) is 40.9. The van der Waals surface area contributed by atoms with Gasteiger partial charge in [0.05, 0.1) is 11.4 Å². The van der Waals surface area contributed by atoms with Crippen LogP contribution in [0.15, 0.2) is 58.8 Å². The second-order valence-corrected chi connectivity index (χ2v) is 15.7. The second-order valence-electron chi connectivity index (χ2n) is 10.2. The minimum absolute atomic E-state index is 0.309. The van der Waals surface area contributed by atoms with Crippen molar-refractivity contribution in [2.45, 2.75) is 66.5 Å². The molecular weight excluding hydrogens is 653 g/mol. The molecule has 2 rings (SSSR count). The fourth-order valence-corrected chi connectivity index (χ4v) is 9.93. The Morgan fingerprint density at radius 1 is 0.521 bits per heavy atom. The maximum absolute atomic E-state index is 12.4. The minimum Gasteiger partial charge on any atom is -0.374 e. The van der Waals surface area contributed by atoms with Crippen molar-refractivity contribution in [3.05, 3.63) is 48.5 Å². The number of anilines is 2. The van der Waals surface area contributed by atoms with Crippen LogP contribution in [0.3, 0.4) is 0 Å². The number of hydrogen-bond donors (Lipinski definition) is 4. The molecule has 0 heterocycles. The highest BCUT2D eigenvalue weighted by Crippen LogP contribution is 2.22. The summed E-state index contributed by atoms with van der Waals surface area (Å²) in [5.74, 6) is 0. The molecule has 16 heteroatoms. The molecule has 4 amide bonds. The Hall–Kier alpha value is -3.23. The lowest BCUT2D eigenvalue weighted by atomic mass is 10.3. The summed E-state index contributed by atoms with van der Waals surface area (Å²) in [6, 6.07) is 14.7. The van der Waals surface area contributed by atoms with Crippen molar-refractivity contribution in [3.8, 4) is 0 Å². The smallest absolute Gasteiger partial charge is 0.374 e. The number of rotatable bonds is 24. The van der Waals surface area contributed by atoms with Gasteiger partial charge in [0.1, 0.15) is 0 Å². The van der Waals surface area contributed by atoms with Gasteiger partial charge >= 0.3 is 29.7 Å². The number of benzene rings is 2. The minimum atomic E-state index is -2.73. The zero-order valence-corrected chi connectivity index (χ0v) is 31.3. The van der Waals surface area contributed by atoms with Crippen LogP contribution in [0, 0.1) is 0 Å². The number of carbonyl (C=O) groups is 2. The summed E-state index contributed by atoms with van der Waals surface area (Å²) < 4.78 is 35.1. The monoisotopic (exact) mass is 706 g/mol. The van der Waals surface area contributed by atoms with E-state index < -0.39 is 17.6 Å². The SMILES string of the molecule is CCO[Si](CCCNC(=O)Nc1ccc(N=Nc2ccc(NC(=O)NCCC[Si](OCC)(OCC)OCC)cc2)cc1)(OCC)OCC. The number of carbonyl (C=O) groups excluding carboxylic acids is 2. The number of amides is 4. The van der Waals surface area contributed by atoms with E-state index in [2.05, 4.69) is 31.5 Å². The zero-order valence-electron chi connectivity index (χ0n) is 29.3. The summed E-state index contributed by atoms with van der Waals surface area (Å²) in [4.78, 5) is 24.8. The maximum atomic E-state index is 12.4. The van der Waals surface area contributed by atoms with Gasteiger partial charge in [0.25, 0.3) is 0 Å². The van der Waals surface area contributed by atoms with Crippen LogP contribution in [-0.2, 0) is 26.6 Å². The highest BCUT2D eigenvalue weighted by Gasteiger charge is 2.40. The van der Waals surface area contributed by atoms with E-state index in [9.17, 15) is 9.59 Å². The van der Waals surface area contributed by atoms with Crippen molar-refractivity contribution >= 4 is 52.4 Å². The lowest BCUT2D eigenvalue weighted by molar-refractivity contribution is 0.0701. The fourth-order valence-electron chi connectivity index (χ4n) is 4.71. The van der Waals surface area contributed by atoms with Gasteiger partial charge < -0.3 is 47.8 Å². The van der Waals surface area contributed by atoms with Crippen LogP contribution in [0.1, 0.15) is 54.4 Å². The quantitative estimate of drug-likeness (QED) is 0.0505. The molecule has 0 spiro atoms. The van der Waals surface area contributed by atoms with Gasteiger partial charge in [-0.15, -0.1) is 0 Å². The van der Waals surface area contributed by atoms with Crippen molar-refractivity contribution in [2.75, 3.05) is 63.4 Å². The molecule has 0 aliphatic heterocycles. The van der Waals surface area contributed by atoms with Gasteiger partial charge in [-0.05, 0) is 103 Å². The Balaban J connectivity index is 1.76. The average molecular weight is 707 g/mol. The predicted octanol–water partition coefficient (Wildman–Crippen LogP) is 7.22. The molecule has 0 saturated carbocycles. The molecule has 0 unspecified atom stereocenters. The summed E-state index contributed by atoms with van der Waals surface area (Å²) in [6.07, 6.45) is 1.34. The van der Waals surface area contributed by atoms with Crippen molar-refractivity contribution in [1.82, 2.24) is 10.6 Å². The van der Waals surface area contributed by atoms with Crippen molar-refractivity contribution in [3.63, 3.8) is 0 Å². The van der Waals surface area contributed by atoms with Gasteiger partial charge in [-0.25, -0.2) is 9.59 Å². The van der Waals surface area contributed by atoms with Gasteiger partial charge in [0, 0.05) is 76.2 Å². The summed E-state index contributed by atoms with van der Waals surface area (Å²) in [6.45, 7) is 15.6. The molecule has 0 bridgehead atoms. The number of urea groups is 2. The summed E-state index contributed by atoms with van der Waals surface area (Å²) in [7, 11) is -5.45. The van der Waals surface area contributed by atoms with E-state index >= 15 is 0 Å². The first-order valence-corrected chi connectivity index (χ1v) is 20.7. The van der Waals surface area contributed by atoms with E-state index in [1.807, 2.05) is 41.5 Å². The van der Waals surface area contributed by atoms with Crippen molar-refractivity contribution in [2.24, 2.45) is 10.2 Å². The van der Waals surface area contributed by atoms with E-state index in [1.54, 1.807) is 48.5 Å². The molecule has 2 aromatic rings. The number of nitrogens with one attached hydrogen (secondary N) is 4. The summed E-state index contributed by atoms with van der Waals surface area (Å²) in [5, 5.41) is 19.9. The van der Waals surface area contributed by atoms with Crippen molar-refractivity contribution < 1.29 is 36.1 Å². The van der Waals surface area contributed by atoms with Crippen LogP contribution in [-0.4, -0.2) is 82.4 Å². The summed E-state index contributed by atoms with van der Waals surface area (Å²) >= 11 is 0. The first-order valence-electron chi connectivity index (χ1n) is 16.8. The fraction of sp³-hybridized carbons (Fsp3) is 0.562. The number of nitrogens with zero attached hydrogens (tertiary/aromatic N) is 2. The average Bonchev–Trinajstić information content (AvgIpc) is 3.06. The third-order valence-corrected chi connectivity index (χ3v) is 12.9. The Labute approximate surface area is 287 Å². The molecule has 14 nitrogen and oxygen atoms in total. The molecule has 0 aliphatic carbocycles. The standard InChI is InChI=1S/C32H54N6O8Si2/c1-7-41-47(42-8-2,43-9-3)25-13-23-33-31(39)35-27-15-19-29(20-16-27)37-38-30-21-17-28(18-22-30)36-32(40)34-24-14-26-48(44-10-4,45-11-5)46-12-6/h15-22H,7-14,23-26H2,1-6H3,(H2,33,35,39)(H2,34,36,40). The Bertz CT molecular complexity index is 1100. The lowest BCUT2D eigenvalue weighted by Gasteiger charge is -2.28. The third-order valence-electron chi connectivity index (χ3n) is 6.61. The van der Waals surface area contributed by atoms with Gasteiger partial charge in [0.15, 0.2) is 0 Å². The van der Waals surface area contributed by atoms with E-state index in [4.69, 9.17) is 26.6 Å². The van der Waals surface area contributed by atoms with Gasteiger partial charge in [-0.1, -0.05) is 0 Å². The first-order chi connectivity index (χ1) is 23.3. The van der Waals surface area contributed by atoms with E-state index in [1.165, 1.54) is 0 Å². The van der Waals surface area contributed by atoms with Gasteiger partial charge in [0.2, 0.25) is 0 Å². The van der Waals surface area contributed by atoms with Crippen LogP contribution in [0.5, 0.6) is 0 Å². The number of azo groups is 1. The van der Waals surface area contributed by atoms with Crippen LogP contribution < -0.4 is 21.3 Å². The molecule has 0 radical (unpaired) electrons. The molecule has 0 fully saturated rings. The number of hydrogen-bond acceptors (Lipinski definition) is 10. The van der Waals surface area contributed by atoms with E-state index in [0.717, 1.165) is 0 Å². The van der Waals surface area contributed by atoms with E-state index in [0.29, 0.717) is 100 Å². The molecule has 48 heavy (non-hydrogen) atoms. The third kappa shape index (κ3) is 15.3. The molecule has 0 aliphatic rings. The molecular formula is C32H54N6O8Si2. The Morgan fingerprint density at radius 3 is 1.08 bits per heavy atom. The Morgan fingerprint density at radius 2 is 0.812 bits per heavy atom. The molecule has 0 aromatic heterocycles. The highest BCUT2D eigenvalue weighted by molar-refractivity contribution is 6.61. The van der Waals surface area contributed by atoms with Crippen molar-refractivity contribution in [1.29, 1.82) is 0 Å². The normalized spacial score (nSPS) is 11.9. The van der Waals surface area contributed by atoms with Gasteiger partial charge in [-0.3, -0.25) is 0 Å². The topological polar surface area (TPSA) is 162 Å². The highest BCUT2D eigenvalue weighted by atomic mass is 28.4. The largest absolute Gasteiger partial charge is 0.500 e. The Kier molecular flexibility index (Phi) is 19.8. The molecule has 268 valence electrons. The zero-order chi connectivity index (χ0) is 35.1. The summed E-state index contributed by atoms with van der Waals surface area (Å²) in [5.41, 5.74) is 2.50. The van der Waals surface area contributed by atoms with Crippen LogP contribution >= 0.6 is 0 Å².